The summed E-state index contributed by atoms with van der Waals surface area (Å²) in [7, 11) is 2.86. The van der Waals surface area contributed by atoms with Crippen LogP contribution in [0.1, 0.15) is 16.8 Å². The van der Waals surface area contributed by atoms with Crippen molar-refractivity contribution >= 4 is 5.91 Å². The van der Waals surface area contributed by atoms with E-state index in [4.69, 9.17) is 14.2 Å². The highest BCUT2D eigenvalue weighted by atomic mass is 19.1. The number of carbonyl (C=O) groups excluding carboxylic acids is 1. The zero-order valence-corrected chi connectivity index (χ0v) is 13.9. The highest BCUT2D eigenvalue weighted by Crippen LogP contribution is 2.25. The average molecular weight is 347 g/mol. The molecule has 1 aromatic carbocycles. The van der Waals surface area contributed by atoms with Gasteiger partial charge in [0.05, 0.1) is 20.8 Å². The van der Waals surface area contributed by atoms with E-state index in [9.17, 15) is 9.18 Å². The molecule has 7 nitrogen and oxygen atoms in total. The Morgan fingerprint density at radius 1 is 1.20 bits per heavy atom. The van der Waals surface area contributed by atoms with E-state index >= 15 is 0 Å². The van der Waals surface area contributed by atoms with Crippen LogP contribution < -0.4 is 14.2 Å². The summed E-state index contributed by atoms with van der Waals surface area (Å²) < 4.78 is 29.6. The predicted molar refractivity (Wildman–Crippen MR) is 86.5 cm³/mol. The largest absolute Gasteiger partial charge is 0.494 e. The molecule has 132 valence electrons. The van der Waals surface area contributed by atoms with E-state index in [1.165, 1.54) is 38.7 Å². The van der Waals surface area contributed by atoms with Crippen LogP contribution in [0.4, 0.5) is 4.39 Å². The lowest BCUT2D eigenvalue weighted by molar-refractivity contribution is 0.0769. The number of methoxy groups -OCH3 is 2. The summed E-state index contributed by atoms with van der Waals surface area (Å²) in [4.78, 5) is 22.3. The van der Waals surface area contributed by atoms with Crippen molar-refractivity contribution in [3.63, 3.8) is 0 Å². The molecule has 1 aromatic heterocycles. The van der Waals surface area contributed by atoms with Crippen LogP contribution in [0.2, 0.25) is 0 Å². The van der Waals surface area contributed by atoms with Crippen LogP contribution in [0.3, 0.4) is 0 Å². The maximum atomic E-state index is 13.8. The highest BCUT2D eigenvalue weighted by molar-refractivity contribution is 5.94. The zero-order valence-electron chi connectivity index (χ0n) is 13.9. The minimum atomic E-state index is -0.565. The molecule has 0 saturated carbocycles. The van der Waals surface area contributed by atoms with Crippen LogP contribution in [-0.2, 0) is 0 Å². The Morgan fingerprint density at radius 2 is 1.96 bits per heavy atom. The second-order valence-electron chi connectivity index (χ2n) is 5.50. The van der Waals surface area contributed by atoms with Gasteiger partial charge in [-0.2, -0.15) is 0 Å². The van der Waals surface area contributed by atoms with Crippen molar-refractivity contribution < 1.29 is 23.4 Å². The van der Waals surface area contributed by atoms with E-state index < -0.39 is 5.82 Å². The van der Waals surface area contributed by atoms with Gasteiger partial charge < -0.3 is 19.1 Å². The Kier molecular flexibility index (Phi) is 4.97. The minimum absolute atomic E-state index is 0.105. The standard InChI is InChI=1S/C17H18FN3O4/c1-23-14-4-3-11(9-13(14)18)17(22)21-8-5-12(10-21)25-16-15(24-2)19-6-7-20-16/h3-4,6-7,9,12H,5,8,10H2,1-2H3/t12-/m0/s1. The SMILES string of the molecule is COc1ccc(C(=O)N2CC[C@H](Oc3nccnc3OC)C2)cc1F. The average Bonchev–Trinajstić information content (AvgIpc) is 3.10. The molecule has 0 radical (unpaired) electrons. The molecule has 0 bridgehead atoms. The van der Waals surface area contributed by atoms with E-state index in [1.54, 1.807) is 11.0 Å². The second-order valence-corrected chi connectivity index (χ2v) is 5.50. The summed E-state index contributed by atoms with van der Waals surface area (Å²) in [5, 5.41) is 0. The summed E-state index contributed by atoms with van der Waals surface area (Å²) in [6.07, 6.45) is 3.44. The molecule has 25 heavy (non-hydrogen) atoms. The molecule has 1 aliphatic heterocycles. The topological polar surface area (TPSA) is 73.8 Å². The molecule has 8 heteroatoms. The van der Waals surface area contributed by atoms with Crippen molar-refractivity contribution in [1.29, 1.82) is 0 Å². The van der Waals surface area contributed by atoms with Crippen molar-refractivity contribution in [3.05, 3.63) is 42.0 Å². The quantitative estimate of drug-likeness (QED) is 0.823. The molecule has 1 saturated heterocycles. The van der Waals surface area contributed by atoms with Crippen molar-refractivity contribution in [3.8, 4) is 17.5 Å². The maximum Gasteiger partial charge on any atom is 0.278 e. The third-order valence-corrected chi connectivity index (χ3v) is 3.94. The van der Waals surface area contributed by atoms with Gasteiger partial charge in [0.25, 0.3) is 17.7 Å². The number of halogens is 1. The summed E-state index contributed by atoms with van der Waals surface area (Å²) in [6.45, 7) is 0.895. The second kappa shape index (κ2) is 7.33. The van der Waals surface area contributed by atoms with Gasteiger partial charge in [0, 0.05) is 30.9 Å². The van der Waals surface area contributed by atoms with Crippen molar-refractivity contribution in [2.75, 3.05) is 27.3 Å². The van der Waals surface area contributed by atoms with Gasteiger partial charge in [0.1, 0.15) is 6.10 Å². The van der Waals surface area contributed by atoms with Gasteiger partial charge in [-0.05, 0) is 18.2 Å². The summed E-state index contributed by atoms with van der Waals surface area (Å²) in [6, 6.07) is 4.17. The third kappa shape index (κ3) is 3.62. The maximum absolute atomic E-state index is 13.8. The molecule has 2 heterocycles. The smallest absolute Gasteiger partial charge is 0.278 e. The molecule has 1 aliphatic rings. The molecule has 0 aliphatic carbocycles. The van der Waals surface area contributed by atoms with Crippen LogP contribution in [-0.4, -0.2) is 54.2 Å². The van der Waals surface area contributed by atoms with Crippen LogP contribution in [0, 0.1) is 5.82 Å². The van der Waals surface area contributed by atoms with E-state index in [1.807, 2.05) is 0 Å². The minimum Gasteiger partial charge on any atom is -0.494 e. The van der Waals surface area contributed by atoms with E-state index in [-0.39, 0.29) is 23.3 Å². The summed E-state index contributed by atoms with van der Waals surface area (Å²) >= 11 is 0. The van der Waals surface area contributed by atoms with Gasteiger partial charge in [-0.1, -0.05) is 0 Å². The van der Waals surface area contributed by atoms with Gasteiger partial charge in [-0.25, -0.2) is 14.4 Å². The Labute approximate surface area is 144 Å². The molecule has 0 N–H and O–H groups in total. The fraction of sp³-hybridized carbons (Fsp3) is 0.353. The lowest BCUT2D eigenvalue weighted by Gasteiger charge is -2.17. The molecular formula is C17H18FN3O4. The number of benzene rings is 1. The van der Waals surface area contributed by atoms with Crippen molar-refractivity contribution in [1.82, 2.24) is 14.9 Å². The number of hydrogen-bond acceptors (Lipinski definition) is 6. The van der Waals surface area contributed by atoms with Gasteiger partial charge in [0.15, 0.2) is 11.6 Å². The van der Waals surface area contributed by atoms with Gasteiger partial charge in [-0.15, -0.1) is 0 Å². The lowest BCUT2D eigenvalue weighted by Crippen LogP contribution is -2.31. The summed E-state index contributed by atoms with van der Waals surface area (Å²) in [5.41, 5.74) is 0.274. The fourth-order valence-electron chi connectivity index (χ4n) is 2.68. The number of hydrogen-bond donors (Lipinski definition) is 0. The first-order valence-corrected chi connectivity index (χ1v) is 7.77. The van der Waals surface area contributed by atoms with E-state index in [0.717, 1.165) is 0 Å². The van der Waals surface area contributed by atoms with Gasteiger partial charge in [-0.3, -0.25) is 4.79 Å². The normalized spacial score (nSPS) is 16.6. The number of likely N-dealkylation sites (tertiary alicyclic amines) is 1. The molecule has 0 spiro atoms. The molecular weight excluding hydrogens is 329 g/mol. The Bertz CT molecular complexity index is 771. The number of nitrogens with zero attached hydrogens (tertiary/aromatic N) is 3. The Morgan fingerprint density at radius 3 is 2.64 bits per heavy atom. The summed E-state index contributed by atoms with van der Waals surface area (Å²) in [5.74, 6) is -0.123. The van der Waals surface area contributed by atoms with Crippen LogP contribution in [0.25, 0.3) is 0 Å². The fourth-order valence-corrected chi connectivity index (χ4v) is 2.68. The number of aromatic nitrogens is 2. The van der Waals surface area contributed by atoms with Crippen LogP contribution in [0.5, 0.6) is 17.5 Å². The van der Waals surface area contributed by atoms with E-state index in [0.29, 0.717) is 31.3 Å². The molecule has 2 aromatic rings. The first-order chi connectivity index (χ1) is 12.1. The monoisotopic (exact) mass is 347 g/mol. The molecule has 1 fully saturated rings. The van der Waals surface area contributed by atoms with E-state index in [2.05, 4.69) is 9.97 Å². The number of amides is 1. The molecule has 3 rings (SSSR count). The van der Waals surface area contributed by atoms with Crippen LogP contribution >= 0.6 is 0 Å². The van der Waals surface area contributed by atoms with Crippen molar-refractivity contribution in [2.24, 2.45) is 0 Å². The first-order valence-electron chi connectivity index (χ1n) is 7.77. The van der Waals surface area contributed by atoms with Crippen LogP contribution in [0.15, 0.2) is 30.6 Å². The zero-order chi connectivity index (χ0) is 17.8. The first kappa shape index (κ1) is 16.9. The molecule has 0 unspecified atom stereocenters. The number of carbonyl (C=O) groups is 1. The van der Waals surface area contributed by atoms with Crippen molar-refractivity contribution in [2.45, 2.75) is 12.5 Å². The number of rotatable bonds is 5. The number of ether oxygens (including phenoxy) is 3. The van der Waals surface area contributed by atoms with Gasteiger partial charge in [0.2, 0.25) is 0 Å². The predicted octanol–water partition coefficient (Wildman–Crippen LogP) is 1.93. The molecule has 1 amide bonds. The highest BCUT2D eigenvalue weighted by Gasteiger charge is 2.29. The Hall–Kier alpha value is -2.90. The third-order valence-electron chi connectivity index (χ3n) is 3.94. The Balaban J connectivity index is 1.66. The molecule has 1 atom stereocenters. The lowest BCUT2D eigenvalue weighted by atomic mass is 10.2. The van der Waals surface area contributed by atoms with Gasteiger partial charge >= 0.3 is 0 Å².